The van der Waals surface area contributed by atoms with E-state index in [2.05, 4.69) is 30.9 Å². The van der Waals surface area contributed by atoms with Gasteiger partial charge in [-0.1, -0.05) is 26.0 Å². The number of benzene rings is 1. The fraction of sp³-hybridized carbons (Fsp3) is 0.571. The van der Waals surface area contributed by atoms with Gasteiger partial charge in [-0.05, 0) is 30.4 Å². The van der Waals surface area contributed by atoms with Crippen LogP contribution in [0.4, 0.5) is 5.69 Å². The predicted molar refractivity (Wildman–Crippen MR) is 68.2 cm³/mol. The molecule has 0 aliphatic carbocycles. The zero-order valence-corrected chi connectivity index (χ0v) is 10.5. The van der Waals surface area contributed by atoms with Crippen molar-refractivity contribution in [3.63, 3.8) is 0 Å². The van der Waals surface area contributed by atoms with Gasteiger partial charge >= 0.3 is 0 Å². The molecule has 0 radical (unpaired) electrons. The standard InChI is InChI=1S/C14H21NO/c1-14(2)9-6-10-15(11-14)12-7-4-5-8-13(12)16-3/h4-5,7-8H,6,9-11H2,1-3H3. The number of piperidine rings is 1. The number of nitrogens with zero attached hydrogens (tertiary/aromatic N) is 1. The van der Waals surface area contributed by atoms with Crippen molar-refractivity contribution >= 4 is 5.69 Å². The molecule has 0 unspecified atom stereocenters. The molecule has 1 heterocycles. The molecular formula is C14H21NO. The van der Waals surface area contributed by atoms with Gasteiger partial charge in [0.05, 0.1) is 12.8 Å². The molecular weight excluding hydrogens is 198 g/mol. The van der Waals surface area contributed by atoms with Crippen LogP contribution in [0.3, 0.4) is 0 Å². The van der Waals surface area contributed by atoms with Crippen LogP contribution in [0.2, 0.25) is 0 Å². The van der Waals surface area contributed by atoms with Crippen LogP contribution in [0, 0.1) is 5.41 Å². The molecule has 0 bridgehead atoms. The van der Waals surface area contributed by atoms with Crippen molar-refractivity contribution in [1.29, 1.82) is 0 Å². The van der Waals surface area contributed by atoms with Crippen molar-refractivity contribution in [2.24, 2.45) is 5.41 Å². The highest BCUT2D eigenvalue weighted by atomic mass is 16.5. The third-order valence-corrected chi connectivity index (χ3v) is 3.33. The van der Waals surface area contributed by atoms with Crippen LogP contribution in [0.5, 0.6) is 5.75 Å². The highest BCUT2D eigenvalue weighted by Gasteiger charge is 2.27. The SMILES string of the molecule is COc1ccccc1N1CCCC(C)(C)C1. The Bertz CT molecular complexity index is 360. The van der Waals surface area contributed by atoms with Gasteiger partial charge in [-0.3, -0.25) is 0 Å². The van der Waals surface area contributed by atoms with E-state index in [0.717, 1.165) is 18.8 Å². The minimum Gasteiger partial charge on any atom is -0.495 e. The van der Waals surface area contributed by atoms with Crippen LogP contribution in [0.1, 0.15) is 26.7 Å². The Morgan fingerprint density at radius 1 is 1.25 bits per heavy atom. The Kier molecular flexibility index (Phi) is 3.08. The van der Waals surface area contributed by atoms with Gasteiger partial charge in [-0.25, -0.2) is 0 Å². The molecule has 16 heavy (non-hydrogen) atoms. The molecule has 0 atom stereocenters. The summed E-state index contributed by atoms with van der Waals surface area (Å²) in [5.41, 5.74) is 1.65. The third kappa shape index (κ3) is 2.31. The minimum atomic E-state index is 0.416. The van der Waals surface area contributed by atoms with Crippen LogP contribution in [-0.2, 0) is 0 Å². The number of anilines is 1. The summed E-state index contributed by atoms with van der Waals surface area (Å²) in [5, 5.41) is 0. The molecule has 1 aromatic carbocycles. The summed E-state index contributed by atoms with van der Waals surface area (Å²) >= 11 is 0. The lowest BCUT2D eigenvalue weighted by Crippen LogP contribution is -2.40. The van der Waals surface area contributed by atoms with Crippen molar-refractivity contribution in [2.75, 3.05) is 25.1 Å². The van der Waals surface area contributed by atoms with Gasteiger partial charge in [0, 0.05) is 13.1 Å². The van der Waals surface area contributed by atoms with E-state index in [0.29, 0.717) is 5.41 Å². The highest BCUT2D eigenvalue weighted by Crippen LogP contribution is 2.35. The molecule has 0 spiro atoms. The Hall–Kier alpha value is -1.18. The topological polar surface area (TPSA) is 12.5 Å². The Balaban J connectivity index is 2.23. The van der Waals surface area contributed by atoms with E-state index in [1.165, 1.54) is 18.5 Å². The quantitative estimate of drug-likeness (QED) is 0.756. The molecule has 88 valence electrons. The number of hydrogen-bond acceptors (Lipinski definition) is 2. The molecule has 2 rings (SSSR count). The van der Waals surface area contributed by atoms with E-state index in [1.807, 2.05) is 12.1 Å². The second-order valence-corrected chi connectivity index (χ2v) is 5.36. The first kappa shape index (κ1) is 11.3. The first-order valence-electron chi connectivity index (χ1n) is 6.00. The summed E-state index contributed by atoms with van der Waals surface area (Å²) in [6.45, 7) is 6.94. The zero-order chi connectivity index (χ0) is 11.6. The van der Waals surface area contributed by atoms with Gasteiger partial charge in [0.15, 0.2) is 0 Å². The second kappa shape index (κ2) is 4.36. The first-order chi connectivity index (χ1) is 7.62. The summed E-state index contributed by atoms with van der Waals surface area (Å²) in [6.07, 6.45) is 2.59. The predicted octanol–water partition coefficient (Wildman–Crippen LogP) is 3.32. The van der Waals surface area contributed by atoms with Crippen LogP contribution in [-0.4, -0.2) is 20.2 Å². The molecule has 2 nitrogen and oxygen atoms in total. The number of rotatable bonds is 2. The van der Waals surface area contributed by atoms with Gasteiger partial charge in [0.1, 0.15) is 5.75 Å². The zero-order valence-electron chi connectivity index (χ0n) is 10.5. The highest BCUT2D eigenvalue weighted by molar-refractivity contribution is 5.58. The molecule has 0 saturated carbocycles. The minimum absolute atomic E-state index is 0.416. The van der Waals surface area contributed by atoms with E-state index in [-0.39, 0.29) is 0 Å². The average Bonchev–Trinajstić information content (AvgIpc) is 2.27. The van der Waals surface area contributed by atoms with Gasteiger partial charge < -0.3 is 9.64 Å². The second-order valence-electron chi connectivity index (χ2n) is 5.36. The molecule has 2 heteroatoms. The summed E-state index contributed by atoms with van der Waals surface area (Å²) in [6, 6.07) is 8.30. The number of methoxy groups -OCH3 is 1. The van der Waals surface area contributed by atoms with Crippen molar-refractivity contribution in [3.05, 3.63) is 24.3 Å². The molecule has 1 fully saturated rings. The first-order valence-corrected chi connectivity index (χ1v) is 6.00. The smallest absolute Gasteiger partial charge is 0.142 e. The maximum absolute atomic E-state index is 5.43. The summed E-state index contributed by atoms with van der Waals surface area (Å²) < 4.78 is 5.43. The van der Waals surface area contributed by atoms with Crippen LogP contribution >= 0.6 is 0 Å². The molecule has 0 N–H and O–H groups in total. The van der Waals surface area contributed by atoms with Crippen molar-refractivity contribution in [2.45, 2.75) is 26.7 Å². The van der Waals surface area contributed by atoms with Gasteiger partial charge in [0.2, 0.25) is 0 Å². The van der Waals surface area contributed by atoms with E-state index < -0.39 is 0 Å². The van der Waals surface area contributed by atoms with Crippen molar-refractivity contribution in [3.8, 4) is 5.75 Å². The maximum Gasteiger partial charge on any atom is 0.142 e. The molecule has 1 saturated heterocycles. The molecule has 0 aromatic heterocycles. The lowest BCUT2D eigenvalue weighted by atomic mass is 9.84. The van der Waals surface area contributed by atoms with Gasteiger partial charge in [-0.2, -0.15) is 0 Å². The van der Waals surface area contributed by atoms with Crippen LogP contribution < -0.4 is 9.64 Å². The fourth-order valence-electron chi connectivity index (χ4n) is 2.52. The molecule has 1 aliphatic heterocycles. The number of para-hydroxylation sites is 2. The van der Waals surface area contributed by atoms with Crippen molar-refractivity contribution < 1.29 is 4.74 Å². The van der Waals surface area contributed by atoms with Crippen molar-refractivity contribution in [1.82, 2.24) is 0 Å². The van der Waals surface area contributed by atoms with E-state index >= 15 is 0 Å². The van der Waals surface area contributed by atoms with E-state index in [9.17, 15) is 0 Å². The lowest BCUT2D eigenvalue weighted by molar-refractivity contribution is 0.291. The Labute approximate surface area is 98.2 Å². The molecule has 1 aliphatic rings. The lowest BCUT2D eigenvalue weighted by Gasteiger charge is -2.39. The van der Waals surface area contributed by atoms with Gasteiger partial charge in [0.25, 0.3) is 0 Å². The summed E-state index contributed by atoms with van der Waals surface area (Å²) in [7, 11) is 1.74. The Morgan fingerprint density at radius 2 is 2.00 bits per heavy atom. The van der Waals surface area contributed by atoms with Gasteiger partial charge in [-0.15, -0.1) is 0 Å². The maximum atomic E-state index is 5.43. The molecule has 1 aromatic rings. The number of ether oxygens (including phenoxy) is 1. The monoisotopic (exact) mass is 219 g/mol. The van der Waals surface area contributed by atoms with Crippen LogP contribution in [0.15, 0.2) is 24.3 Å². The largest absolute Gasteiger partial charge is 0.495 e. The Morgan fingerprint density at radius 3 is 2.69 bits per heavy atom. The fourth-order valence-corrected chi connectivity index (χ4v) is 2.52. The third-order valence-electron chi connectivity index (χ3n) is 3.33. The van der Waals surface area contributed by atoms with E-state index in [1.54, 1.807) is 7.11 Å². The normalized spacial score (nSPS) is 19.6. The number of hydrogen-bond donors (Lipinski definition) is 0. The van der Waals surface area contributed by atoms with E-state index in [4.69, 9.17) is 4.74 Å². The molecule has 0 amide bonds. The summed E-state index contributed by atoms with van der Waals surface area (Å²) in [4.78, 5) is 2.45. The average molecular weight is 219 g/mol. The van der Waals surface area contributed by atoms with Crippen LogP contribution in [0.25, 0.3) is 0 Å². The summed E-state index contributed by atoms with van der Waals surface area (Å²) in [5.74, 6) is 0.986.